The summed E-state index contributed by atoms with van der Waals surface area (Å²) >= 11 is 11.9. The molecular formula is C17H11Cl2N3O. The van der Waals surface area contributed by atoms with E-state index in [4.69, 9.17) is 23.2 Å². The van der Waals surface area contributed by atoms with Crippen LogP contribution in [0.25, 0.3) is 11.3 Å². The molecule has 0 unspecified atom stereocenters. The van der Waals surface area contributed by atoms with Crippen molar-refractivity contribution in [3.63, 3.8) is 0 Å². The van der Waals surface area contributed by atoms with Crippen LogP contribution in [0.3, 0.4) is 0 Å². The Morgan fingerprint density at radius 3 is 2.39 bits per heavy atom. The number of rotatable bonds is 3. The van der Waals surface area contributed by atoms with E-state index in [2.05, 4.69) is 15.3 Å². The fourth-order valence-corrected chi connectivity index (χ4v) is 2.35. The molecule has 0 spiro atoms. The molecule has 23 heavy (non-hydrogen) atoms. The van der Waals surface area contributed by atoms with E-state index >= 15 is 0 Å². The SMILES string of the molecule is O=C(Nc1ccc(Cl)cc1)c1ccc(-c2ncccc2Cl)cn1. The molecule has 2 heterocycles. The third-order valence-corrected chi connectivity index (χ3v) is 3.69. The van der Waals surface area contributed by atoms with Gasteiger partial charge in [0, 0.05) is 28.7 Å². The number of amides is 1. The zero-order valence-electron chi connectivity index (χ0n) is 11.8. The minimum absolute atomic E-state index is 0.300. The second-order valence-electron chi connectivity index (χ2n) is 4.73. The molecule has 0 saturated carbocycles. The third kappa shape index (κ3) is 3.67. The molecule has 114 valence electrons. The van der Waals surface area contributed by atoms with Crippen LogP contribution in [0, 0.1) is 0 Å². The summed E-state index contributed by atoms with van der Waals surface area (Å²) in [5.74, 6) is -0.300. The van der Waals surface area contributed by atoms with Crippen molar-refractivity contribution in [2.75, 3.05) is 5.32 Å². The van der Waals surface area contributed by atoms with E-state index in [0.29, 0.717) is 27.1 Å². The molecule has 0 saturated heterocycles. The predicted molar refractivity (Wildman–Crippen MR) is 91.9 cm³/mol. The summed E-state index contributed by atoms with van der Waals surface area (Å²) in [6.45, 7) is 0. The second kappa shape index (κ2) is 6.77. The summed E-state index contributed by atoms with van der Waals surface area (Å²) in [6.07, 6.45) is 3.23. The van der Waals surface area contributed by atoms with Crippen LogP contribution in [0.5, 0.6) is 0 Å². The highest BCUT2D eigenvalue weighted by molar-refractivity contribution is 6.33. The average molecular weight is 344 g/mol. The standard InChI is InChI=1S/C17H11Cl2N3O/c18-12-4-6-13(7-5-12)22-17(23)15-8-3-11(10-21-15)16-14(19)2-1-9-20-16/h1-10H,(H,22,23). The van der Waals surface area contributed by atoms with Gasteiger partial charge in [0.05, 0.1) is 10.7 Å². The van der Waals surface area contributed by atoms with Crippen molar-refractivity contribution in [3.05, 3.63) is 76.7 Å². The van der Waals surface area contributed by atoms with Gasteiger partial charge in [-0.05, 0) is 48.5 Å². The van der Waals surface area contributed by atoms with E-state index < -0.39 is 0 Å². The van der Waals surface area contributed by atoms with Crippen LogP contribution >= 0.6 is 23.2 Å². The molecule has 1 amide bonds. The first-order valence-electron chi connectivity index (χ1n) is 6.77. The van der Waals surface area contributed by atoms with Gasteiger partial charge in [0.2, 0.25) is 0 Å². The maximum atomic E-state index is 12.2. The number of benzene rings is 1. The highest BCUT2D eigenvalue weighted by Crippen LogP contribution is 2.24. The lowest BCUT2D eigenvalue weighted by Gasteiger charge is -2.06. The molecule has 1 aromatic carbocycles. The molecule has 0 atom stereocenters. The van der Waals surface area contributed by atoms with Crippen molar-refractivity contribution in [2.45, 2.75) is 0 Å². The van der Waals surface area contributed by atoms with Gasteiger partial charge in [-0.2, -0.15) is 0 Å². The van der Waals surface area contributed by atoms with Gasteiger partial charge >= 0.3 is 0 Å². The van der Waals surface area contributed by atoms with Gasteiger partial charge in [0.1, 0.15) is 5.69 Å². The van der Waals surface area contributed by atoms with Crippen molar-refractivity contribution in [1.82, 2.24) is 9.97 Å². The first-order valence-corrected chi connectivity index (χ1v) is 7.53. The zero-order valence-corrected chi connectivity index (χ0v) is 13.3. The molecule has 0 radical (unpaired) electrons. The van der Waals surface area contributed by atoms with Gasteiger partial charge in [-0.1, -0.05) is 23.2 Å². The zero-order chi connectivity index (χ0) is 16.2. The topological polar surface area (TPSA) is 54.9 Å². The van der Waals surface area contributed by atoms with Crippen LogP contribution in [0.2, 0.25) is 10.0 Å². The van der Waals surface area contributed by atoms with E-state index in [1.807, 2.05) is 0 Å². The van der Waals surface area contributed by atoms with Crippen LogP contribution in [0.1, 0.15) is 10.5 Å². The number of halogens is 2. The molecule has 0 fully saturated rings. The number of carbonyl (C=O) groups is 1. The number of hydrogen-bond donors (Lipinski definition) is 1. The first kappa shape index (κ1) is 15.5. The summed E-state index contributed by atoms with van der Waals surface area (Å²) < 4.78 is 0. The molecule has 0 bridgehead atoms. The molecular weight excluding hydrogens is 333 g/mol. The van der Waals surface area contributed by atoms with Crippen LogP contribution in [0.15, 0.2) is 60.9 Å². The predicted octanol–water partition coefficient (Wildman–Crippen LogP) is 4.70. The van der Waals surface area contributed by atoms with E-state index in [9.17, 15) is 4.79 Å². The van der Waals surface area contributed by atoms with Gasteiger partial charge in [-0.25, -0.2) is 0 Å². The Balaban J connectivity index is 1.78. The Hall–Kier alpha value is -2.43. The van der Waals surface area contributed by atoms with Crippen molar-refractivity contribution in [2.24, 2.45) is 0 Å². The minimum Gasteiger partial charge on any atom is -0.321 e. The number of nitrogens with one attached hydrogen (secondary N) is 1. The van der Waals surface area contributed by atoms with Gasteiger partial charge in [-0.15, -0.1) is 0 Å². The quantitative estimate of drug-likeness (QED) is 0.749. The Morgan fingerprint density at radius 2 is 1.74 bits per heavy atom. The fourth-order valence-electron chi connectivity index (χ4n) is 1.99. The minimum atomic E-state index is -0.300. The third-order valence-electron chi connectivity index (χ3n) is 3.13. The number of nitrogens with zero attached hydrogens (tertiary/aromatic N) is 2. The van der Waals surface area contributed by atoms with Gasteiger partial charge in [-0.3, -0.25) is 14.8 Å². The largest absolute Gasteiger partial charge is 0.321 e. The molecule has 4 nitrogen and oxygen atoms in total. The smallest absolute Gasteiger partial charge is 0.274 e. The number of hydrogen-bond acceptors (Lipinski definition) is 3. The van der Waals surface area contributed by atoms with E-state index in [-0.39, 0.29) is 5.91 Å². The summed E-state index contributed by atoms with van der Waals surface area (Å²) in [4.78, 5) is 20.6. The summed E-state index contributed by atoms with van der Waals surface area (Å²) in [6, 6.07) is 13.8. The molecule has 3 rings (SSSR count). The van der Waals surface area contributed by atoms with Crippen molar-refractivity contribution < 1.29 is 4.79 Å². The monoisotopic (exact) mass is 343 g/mol. The number of carbonyl (C=O) groups excluding carboxylic acids is 1. The Kier molecular flexibility index (Phi) is 4.55. The summed E-state index contributed by atoms with van der Waals surface area (Å²) in [7, 11) is 0. The number of aromatic nitrogens is 2. The van der Waals surface area contributed by atoms with Crippen LogP contribution < -0.4 is 5.32 Å². The van der Waals surface area contributed by atoms with Crippen LogP contribution in [0.4, 0.5) is 5.69 Å². The van der Waals surface area contributed by atoms with Gasteiger partial charge in [0.25, 0.3) is 5.91 Å². The molecule has 6 heteroatoms. The lowest BCUT2D eigenvalue weighted by molar-refractivity contribution is 0.102. The Labute approximate surface area is 143 Å². The number of pyridine rings is 2. The van der Waals surface area contributed by atoms with Gasteiger partial charge < -0.3 is 5.32 Å². The van der Waals surface area contributed by atoms with Crippen molar-refractivity contribution in [3.8, 4) is 11.3 Å². The van der Waals surface area contributed by atoms with Gasteiger partial charge in [0.15, 0.2) is 0 Å². The average Bonchev–Trinajstić information content (AvgIpc) is 2.57. The normalized spacial score (nSPS) is 10.3. The Bertz CT molecular complexity index is 833. The molecule has 0 aliphatic rings. The highest BCUT2D eigenvalue weighted by Gasteiger charge is 2.10. The van der Waals surface area contributed by atoms with Crippen molar-refractivity contribution in [1.29, 1.82) is 0 Å². The van der Waals surface area contributed by atoms with E-state index in [1.165, 1.54) is 0 Å². The first-order chi connectivity index (χ1) is 11.1. The molecule has 0 aliphatic carbocycles. The molecule has 0 aliphatic heterocycles. The lowest BCUT2D eigenvalue weighted by atomic mass is 10.1. The van der Waals surface area contributed by atoms with Crippen LogP contribution in [-0.2, 0) is 0 Å². The molecule has 3 aromatic rings. The Morgan fingerprint density at radius 1 is 0.957 bits per heavy atom. The second-order valence-corrected chi connectivity index (χ2v) is 5.57. The fraction of sp³-hybridized carbons (Fsp3) is 0. The maximum Gasteiger partial charge on any atom is 0.274 e. The number of anilines is 1. The highest BCUT2D eigenvalue weighted by atomic mass is 35.5. The lowest BCUT2D eigenvalue weighted by Crippen LogP contribution is -2.13. The van der Waals surface area contributed by atoms with E-state index in [1.54, 1.807) is 60.9 Å². The summed E-state index contributed by atoms with van der Waals surface area (Å²) in [5, 5.41) is 3.90. The van der Waals surface area contributed by atoms with Crippen molar-refractivity contribution >= 4 is 34.8 Å². The molecule has 1 N–H and O–H groups in total. The maximum absolute atomic E-state index is 12.2. The molecule has 2 aromatic heterocycles. The summed E-state index contributed by atoms with van der Waals surface area (Å²) in [5.41, 5.74) is 2.33. The van der Waals surface area contributed by atoms with E-state index in [0.717, 1.165) is 5.56 Å². The van der Waals surface area contributed by atoms with Crippen LogP contribution in [-0.4, -0.2) is 15.9 Å².